The van der Waals surface area contributed by atoms with Gasteiger partial charge in [0, 0.05) is 5.69 Å². The fraction of sp³-hybridized carbons (Fsp3) is 0.364. The van der Waals surface area contributed by atoms with Crippen molar-refractivity contribution in [2.45, 2.75) is 13.1 Å². The summed E-state index contributed by atoms with van der Waals surface area (Å²) in [5.74, 6) is -0.160. The van der Waals surface area contributed by atoms with Gasteiger partial charge in [-0.2, -0.15) is 13.2 Å². The molecular formula is C11H12F3NO3. The molecule has 0 radical (unpaired) electrons. The summed E-state index contributed by atoms with van der Waals surface area (Å²) in [6, 6.07) is 4.27. The number of rotatable bonds is 5. The molecule has 0 heterocycles. The van der Waals surface area contributed by atoms with Gasteiger partial charge in [-0.1, -0.05) is 0 Å². The van der Waals surface area contributed by atoms with Gasteiger partial charge in [0.15, 0.2) is 12.6 Å². The largest absolute Gasteiger partial charge is 0.467 e. The Labute approximate surface area is 101 Å². The maximum Gasteiger partial charge on any atom is 0.411 e. The average Bonchev–Trinajstić information content (AvgIpc) is 2.24. The van der Waals surface area contributed by atoms with Crippen LogP contribution in [0, 0.1) is 0 Å². The summed E-state index contributed by atoms with van der Waals surface area (Å²) >= 11 is 0. The second-order valence-corrected chi connectivity index (χ2v) is 3.54. The highest BCUT2D eigenvalue weighted by atomic mass is 19.4. The highest BCUT2D eigenvalue weighted by Gasteiger charge is 2.27. The third kappa shape index (κ3) is 4.62. The molecule has 0 unspecified atom stereocenters. The monoisotopic (exact) mass is 263 g/mol. The van der Waals surface area contributed by atoms with Crippen LogP contribution < -0.4 is 10.5 Å². The molecule has 1 aromatic carbocycles. The van der Waals surface area contributed by atoms with E-state index in [0.29, 0.717) is 5.69 Å². The highest BCUT2D eigenvalue weighted by Crippen LogP contribution is 2.22. The molecule has 1 aromatic rings. The number of hydrogen-bond donors (Lipinski definition) is 1. The number of ether oxygens (including phenoxy) is 2. The lowest BCUT2D eigenvalue weighted by Gasteiger charge is -2.11. The van der Waals surface area contributed by atoms with E-state index in [1.165, 1.54) is 25.1 Å². The van der Waals surface area contributed by atoms with Crippen LogP contribution in [-0.4, -0.2) is 25.4 Å². The molecule has 0 amide bonds. The number of benzene rings is 1. The molecule has 0 aliphatic rings. The number of carbonyl (C=O) groups excluding carboxylic acids is 1. The zero-order chi connectivity index (χ0) is 13.8. The predicted molar refractivity (Wildman–Crippen MR) is 58.4 cm³/mol. The number of ketones is 1. The molecule has 0 saturated carbocycles. The number of halogens is 3. The van der Waals surface area contributed by atoms with Gasteiger partial charge >= 0.3 is 6.18 Å². The van der Waals surface area contributed by atoms with Gasteiger partial charge in [0.25, 0.3) is 0 Å². The van der Waals surface area contributed by atoms with Gasteiger partial charge < -0.3 is 15.2 Å². The first kappa shape index (κ1) is 14.3. The van der Waals surface area contributed by atoms with Crippen molar-refractivity contribution in [3.05, 3.63) is 23.8 Å². The van der Waals surface area contributed by atoms with E-state index in [1.807, 2.05) is 0 Å². The summed E-state index contributed by atoms with van der Waals surface area (Å²) in [6.45, 7) is -0.695. The predicted octanol–water partition coefficient (Wildman–Crippen LogP) is 2.39. The molecule has 0 atom stereocenters. The van der Waals surface area contributed by atoms with Crippen molar-refractivity contribution in [3.63, 3.8) is 0 Å². The number of alkyl halides is 3. The Morgan fingerprint density at radius 2 is 2.06 bits per heavy atom. The van der Waals surface area contributed by atoms with Gasteiger partial charge in [-0.25, -0.2) is 0 Å². The Bertz CT molecular complexity index is 432. The molecule has 18 heavy (non-hydrogen) atoms. The van der Waals surface area contributed by atoms with Gasteiger partial charge in [-0.3, -0.25) is 4.79 Å². The van der Waals surface area contributed by atoms with Crippen molar-refractivity contribution in [2.24, 2.45) is 0 Å². The summed E-state index contributed by atoms with van der Waals surface area (Å²) in [5.41, 5.74) is 6.05. The fourth-order valence-electron chi connectivity index (χ4n) is 1.21. The minimum Gasteiger partial charge on any atom is -0.467 e. The van der Waals surface area contributed by atoms with E-state index in [4.69, 9.17) is 10.5 Å². The first-order valence-corrected chi connectivity index (χ1v) is 4.97. The van der Waals surface area contributed by atoms with Crippen LogP contribution in [0.15, 0.2) is 18.2 Å². The first-order chi connectivity index (χ1) is 8.29. The number of Topliss-reactive ketones (excluding diaryl/α,β-unsaturated/α-hetero) is 1. The van der Waals surface area contributed by atoms with Gasteiger partial charge in [0.05, 0.1) is 5.56 Å². The third-order valence-corrected chi connectivity index (χ3v) is 1.95. The molecule has 0 fully saturated rings. The summed E-state index contributed by atoms with van der Waals surface area (Å²) < 4.78 is 44.6. The van der Waals surface area contributed by atoms with Crippen LogP contribution >= 0.6 is 0 Å². The van der Waals surface area contributed by atoms with E-state index in [-0.39, 0.29) is 17.1 Å². The van der Waals surface area contributed by atoms with Crippen molar-refractivity contribution in [2.75, 3.05) is 19.1 Å². The Hall–Kier alpha value is -1.76. The standard InChI is InChI=1S/C11H12F3NO3/c1-7(16)9-4-8(15)2-3-10(9)18-6-17-5-11(12,13)14/h2-4H,5-6,15H2,1H3. The summed E-state index contributed by atoms with van der Waals surface area (Å²) in [6.07, 6.45) is -4.41. The minimum atomic E-state index is -4.41. The van der Waals surface area contributed by atoms with E-state index < -0.39 is 19.6 Å². The molecule has 0 aliphatic carbocycles. The number of nitrogens with two attached hydrogens (primary N) is 1. The zero-order valence-electron chi connectivity index (χ0n) is 9.58. The van der Waals surface area contributed by atoms with Crippen LogP contribution in [0.4, 0.5) is 18.9 Å². The Kier molecular flexibility index (Phi) is 4.55. The third-order valence-electron chi connectivity index (χ3n) is 1.95. The molecule has 0 spiro atoms. The van der Waals surface area contributed by atoms with Crippen LogP contribution in [0.1, 0.15) is 17.3 Å². The van der Waals surface area contributed by atoms with Crippen LogP contribution in [0.3, 0.4) is 0 Å². The normalized spacial score (nSPS) is 11.3. The van der Waals surface area contributed by atoms with Gasteiger partial charge in [0.1, 0.15) is 12.4 Å². The van der Waals surface area contributed by atoms with Crippen molar-refractivity contribution < 1.29 is 27.4 Å². The van der Waals surface area contributed by atoms with Crippen molar-refractivity contribution >= 4 is 11.5 Å². The summed E-state index contributed by atoms with van der Waals surface area (Å²) in [5, 5.41) is 0. The minimum absolute atomic E-state index is 0.138. The number of carbonyl (C=O) groups is 1. The summed E-state index contributed by atoms with van der Waals surface area (Å²) in [4.78, 5) is 11.3. The topological polar surface area (TPSA) is 61.6 Å². The highest BCUT2D eigenvalue weighted by molar-refractivity contribution is 5.97. The molecule has 100 valence electrons. The molecule has 0 bridgehead atoms. The Balaban J connectivity index is 2.59. The van der Waals surface area contributed by atoms with Crippen LogP contribution in [0.25, 0.3) is 0 Å². The lowest BCUT2D eigenvalue weighted by Crippen LogP contribution is -2.19. The fourth-order valence-corrected chi connectivity index (χ4v) is 1.21. The maximum absolute atomic E-state index is 11.8. The van der Waals surface area contributed by atoms with Gasteiger partial charge in [-0.05, 0) is 25.1 Å². The van der Waals surface area contributed by atoms with Crippen LogP contribution in [-0.2, 0) is 4.74 Å². The Morgan fingerprint density at radius 1 is 1.39 bits per heavy atom. The maximum atomic E-state index is 11.8. The molecule has 0 aliphatic heterocycles. The molecule has 7 heteroatoms. The number of anilines is 1. The zero-order valence-corrected chi connectivity index (χ0v) is 9.58. The number of nitrogen functional groups attached to an aromatic ring is 1. The van der Waals surface area contributed by atoms with Crippen molar-refractivity contribution in [3.8, 4) is 5.75 Å². The second-order valence-electron chi connectivity index (χ2n) is 3.54. The summed E-state index contributed by atoms with van der Waals surface area (Å²) in [7, 11) is 0. The van der Waals surface area contributed by atoms with Crippen LogP contribution in [0.5, 0.6) is 5.75 Å². The molecule has 4 nitrogen and oxygen atoms in total. The van der Waals surface area contributed by atoms with Gasteiger partial charge in [-0.15, -0.1) is 0 Å². The second kappa shape index (κ2) is 5.72. The SMILES string of the molecule is CC(=O)c1cc(N)ccc1OCOCC(F)(F)F. The Morgan fingerprint density at radius 3 is 2.61 bits per heavy atom. The van der Waals surface area contributed by atoms with E-state index in [2.05, 4.69) is 4.74 Å². The molecule has 1 rings (SSSR count). The van der Waals surface area contributed by atoms with Crippen molar-refractivity contribution in [1.82, 2.24) is 0 Å². The van der Waals surface area contributed by atoms with Crippen LogP contribution in [0.2, 0.25) is 0 Å². The molecule has 0 saturated heterocycles. The van der Waals surface area contributed by atoms with E-state index in [9.17, 15) is 18.0 Å². The molecule has 2 N–H and O–H groups in total. The lowest BCUT2D eigenvalue weighted by atomic mass is 10.1. The average molecular weight is 263 g/mol. The lowest BCUT2D eigenvalue weighted by molar-refractivity contribution is -0.186. The smallest absolute Gasteiger partial charge is 0.411 e. The molecular weight excluding hydrogens is 251 g/mol. The van der Waals surface area contributed by atoms with E-state index in [1.54, 1.807) is 0 Å². The molecule has 0 aromatic heterocycles. The first-order valence-electron chi connectivity index (χ1n) is 4.97. The quantitative estimate of drug-likeness (QED) is 0.383. The van der Waals surface area contributed by atoms with E-state index in [0.717, 1.165) is 0 Å². The van der Waals surface area contributed by atoms with Gasteiger partial charge in [0.2, 0.25) is 0 Å². The van der Waals surface area contributed by atoms with Crippen molar-refractivity contribution in [1.29, 1.82) is 0 Å². The number of hydrogen-bond acceptors (Lipinski definition) is 4. The van der Waals surface area contributed by atoms with E-state index >= 15 is 0 Å².